The van der Waals surface area contributed by atoms with Gasteiger partial charge in [-0.2, -0.15) is 0 Å². The molecule has 1 aliphatic heterocycles. The second-order valence-corrected chi connectivity index (χ2v) is 6.35. The van der Waals surface area contributed by atoms with E-state index >= 15 is 0 Å². The summed E-state index contributed by atoms with van der Waals surface area (Å²) in [5.74, 6) is 0.479. The van der Waals surface area contributed by atoms with E-state index in [1.54, 1.807) is 12.3 Å². The number of phenols is 1. The fourth-order valence-electron chi connectivity index (χ4n) is 2.81. The number of nitrogens with two attached hydrogens (primary N) is 1. The number of hydrogen-bond acceptors (Lipinski definition) is 5. The van der Waals surface area contributed by atoms with Gasteiger partial charge in [0.15, 0.2) is 0 Å². The van der Waals surface area contributed by atoms with Gasteiger partial charge in [0.05, 0.1) is 11.7 Å². The van der Waals surface area contributed by atoms with Gasteiger partial charge in [0.25, 0.3) is 0 Å². The molecule has 3 N–H and O–H groups in total. The highest BCUT2D eigenvalue weighted by atomic mass is 35.5. The van der Waals surface area contributed by atoms with Gasteiger partial charge in [0.2, 0.25) is 0 Å². The van der Waals surface area contributed by atoms with Crippen LogP contribution in [0.3, 0.4) is 0 Å². The predicted octanol–water partition coefficient (Wildman–Crippen LogP) is 3.60. The molecule has 2 heterocycles. The number of hydrogen-bond donors (Lipinski definition) is 2. The summed E-state index contributed by atoms with van der Waals surface area (Å²) in [7, 11) is 0. The molecular weight excluding hydrogens is 326 g/mol. The van der Waals surface area contributed by atoms with E-state index < -0.39 is 0 Å². The molecular formula is C18H20ClN3O2. The predicted molar refractivity (Wildman–Crippen MR) is 96.9 cm³/mol. The van der Waals surface area contributed by atoms with Crippen molar-refractivity contribution in [1.29, 1.82) is 0 Å². The number of ether oxygens (including phenoxy) is 1. The van der Waals surface area contributed by atoms with Crippen molar-refractivity contribution in [1.82, 2.24) is 4.98 Å². The molecule has 0 unspecified atom stereocenters. The number of pyridine rings is 1. The van der Waals surface area contributed by atoms with E-state index in [0.717, 1.165) is 37.2 Å². The van der Waals surface area contributed by atoms with Crippen LogP contribution >= 0.6 is 11.6 Å². The maximum Gasteiger partial charge on any atom is 0.132 e. The molecule has 0 aliphatic carbocycles. The largest absolute Gasteiger partial charge is 0.507 e. The van der Waals surface area contributed by atoms with Crippen molar-refractivity contribution in [3.63, 3.8) is 0 Å². The van der Waals surface area contributed by atoms with Crippen LogP contribution in [0.4, 0.5) is 5.82 Å². The fraction of sp³-hybridized carbons (Fsp3) is 0.333. The quantitative estimate of drug-likeness (QED) is 0.833. The van der Waals surface area contributed by atoms with Gasteiger partial charge in [-0.1, -0.05) is 11.6 Å². The zero-order valence-electron chi connectivity index (χ0n) is 13.5. The number of aryl methyl sites for hydroxylation is 1. The summed E-state index contributed by atoms with van der Waals surface area (Å²) in [5, 5.41) is 10.6. The Morgan fingerprint density at radius 3 is 2.75 bits per heavy atom. The molecule has 5 nitrogen and oxygen atoms in total. The summed E-state index contributed by atoms with van der Waals surface area (Å²) < 4.78 is 5.33. The molecule has 0 atom stereocenters. The summed E-state index contributed by atoms with van der Waals surface area (Å²) >= 11 is 5.95. The lowest BCUT2D eigenvalue weighted by Gasteiger charge is -2.18. The van der Waals surface area contributed by atoms with E-state index in [-0.39, 0.29) is 11.8 Å². The molecule has 126 valence electrons. The number of phenolic OH excluding ortho intramolecular Hbond substituents is 1. The molecule has 1 aromatic heterocycles. The van der Waals surface area contributed by atoms with E-state index in [9.17, 15) is 5.11 Å². The molecule has 0 amide bonds. The molecule has 1 aliphatic rings. The van der Waals surface area contributed by atoms with Crippen LogP contribution in [0.5, 0.6) is 5.75 Å². The fourth-order valence-corrected chi connectivity index (χ4v) is 3.08. The summed E-state index contributed by atoms with van der Waals surface area (Å²) in [6, 6.07) is 7.27. The third-order valence-corrected chi connectivity index (χ3v) is 4.33. The number of aromatic hydroxyl groups is 1. The van der Waals surface area contributed by atoms with Gasteiger partial charge in [0.1, 0.15) is 11.6 Å². The van der Waals surface area contributed by atoms with Crippen molar-refractivity contribution in [2.75, 3.05) is 18.9 Å². The molecule has 6 heteroatoms. The average Bonchev–Trinajstić information content (AvgIpc) is 2.54. The van der Waals surface area contributed by atoms with E-state index in [4.69, 9.17) is 22.1 Å². The number of aliphatic imine (C=N–C) groups is 1. The molecule has 0 radical (unpaired) electrons. The molecule has 0 saturated carbocycles. The Labute approximate surface area is 146 Å². The number of anilines is 1. The van der Waals surface area contributed by atoms with Crippen molar-refractivity contribution >= 4 is 23.6 Å². The van der Waals surface area contributed by atoms with Crippen molar-refractivity contribution in [2.45, 2.75) is 25.8 Å². The molecule has 2 aromatic rings. The second kappa shape index (κ2) is 7.20. The minimum atomic E-state index is 0.0931. The molecule has 0 spiro atoms. The van der Waals surface area contributed by atoms with Crippen LogP contribution in [0, 0.1) is 6.92 Å². The maximum absolute atomic E-state index is 10.2. The standard InChI is InChI=1S/C18H20ClN3O2/c1-11-8-13(19)9-16(23)17(11)15-3-2-12(18(20)22-15)10-21-14-4-6-24-7-5-14/h2-3,8-10,14,23H,4-7H2,1H3,(H2,20,22). The van der Waals surface area contributed by atoms with Crippen molar-refractivity contribution in [2.24, 2.45) is 4.99 Å². The van der Waals surface area contributed by atoms with Crippen LogP contribution in [0.15, 0.2) is 29.3 Å². The Kier molecular flexibility index (Phi) is 5.02. The number of nitrogens with zero attached hydrogens (tertiary/aromatic N) is 2. The Balaban J connectivity index is 1.86. The highest BCUT2D eigenvalue weighted by Gasteiger charge is 2.13. The van der Waals surface area contributed by atoms with Crippen LogP contribution in [0.25, 0.3) is 11.3 Å². The lowest BCUT2D eigenvalue weighted by Crippen LogP contribution is -2.18. The van der Waals surface area contributed by atoms with Crippen molar-refractivity contribution in [3.8, 4) is 17.0 Å². The Hall–Kier alpha value is -2.11. The van der Waals surface area contributed by atoms with Gasteiger partial charge in [-0.05, 0) is 49.6 Å². The molecule has 3 rings (SSSR count). The number of nitrogen functional groups attached to an aromatic ring is 1. The normalized spacial score (nSPS) is 15.9. The Bertz CT molecular complexity index is 748. The lowest BCUT2D eigenvalue weighted by atomic mass is 10.0. The molecule has 1 aromatic carbocycles. The summed E-state index contributed by atoms with van der Waals surface area (Å²) in [4.78, 5) is 8.99. The molecule has 0 bridgehead atoms. The topological polar surface area (TPSA) is 80.7 Å². The molecule has 1 fully saturated rings. The van der Waals surface area contributed by atoms with Gasteiger partial charge in [0, 0.05) is 35.6 Å². The first kappa shape index (κ1) is 16.7. The first-order valence-corrected chi connectivity index (χ1v) is 8.29. The number of rotatable bonds is 3. The monoisotopic (exact) mass is 345 g/mol. The highest BCUT2D eigenvalue weighted by molar-refractivity contribution is 6.31. The number of aromatic nitrogens is 1. The maximum atomic E-state index is 10.2. The minimum Gasteiger partial charge on any atom is -0.507 e. The van der Waals surface area contributed by atoms with Crippen LogP contribution in [0.2, 0.25) is 5.02 Å². The van der Waals surface area contributed by atoms with Crippen molar-refractivity contribution < 1.29 is 9.84 Å². The van der Waals surface area contributed by atoms with Gasteiger partial charge < -0.3 is 15.6 Å². The highest BCUT2D eigenvalue weighted by Crippen LogP contribution is 2.34. The van der Waals surface area contributed by atoms with Gasteiger partial charge in [-0.15, -0.1) is 0 Å². The first-order valence-electron chi connectivity index (χ1n) is 7.91. The van der Waals surface area contributed by atoms with Crippen LogP contribution in [-0.4, -0.2) is 35.6 Å². The Morgan fingerprint density at radius 2 is 2.08 bits per heavy atom. The Morgan fingerprint density at radius 1 is 1.33 bits per heavy atom. The van der Waals surface area contributed by atoms with Crippen LogP contribution in [0.1, 0.15) is 24.0 Å². The van der Waals surface area contributed by atoms with Crippen LogP contribution < -0.4 is 5.73 Å². The van der Waals surface area contributed by atoms with Crippen molar-refractivity contribution in [3.05, 3.63) is 40.4 Å². The first-order chi connectivity index (χ1) is 11.5. The molecule has 24 heavy (non-hydrogen) atoms. The number of halogens is 1. The third kappa shape index (κ3) is 3.68. The number of benzene rings is 1. The lowest BCUT2D eigenvalue weighted by molar-refractivity contribution is 0.0872. The zero-order valence-corrected chi connectivity index (χ0v) is 14.3. The van der Waals surface area contributed by atoms with E-state index in [0.29, 0.717) is 22.1 Å². The van der Waals surface area contributed by atoms with Gasteiger partial charge >= 0.3 is 0 Å². The molecule has 1 saturated heterocycles. The SMILES string of the molecule is Cc1cc(Cl)cc(O)c1-c1ccc(C=NC2CCOCC2)c(N)n1. The van der Waals surface area contributed by atoms with E-state index in [2.05, 4.69) is 9.98 Å². The minimum absolute atomic E-state index is 0.0931. The van der Waals surface area contributed by atoms with E-state index in [1.807, 2.05) is 19.1 Å². The third-order valence-electron chi connectivity index (χ3n) is 4.11. The van der Waals surface area contributed by atoms with Gasteiger partial charge in [-0.3, -0.25) is 4.99 Å². The van der Waals surface area contributed by atoms with E-state index in [1.165, 1.54) is 6.07 Å². The summed E-state index contributed by atoms with van der Waals surface area (Å²) in [5.41, 5.74) is 8.94. The van der Waals surface area contributed by atoms with Crippen LogP contribution in [-0.2, 0) is 4.74 Å². The summed E-state index contributed by atoms with van der Waals surface area (Å²) in [6.45, 7) is 3.38. The summed E-state index contributed by atoms with van der Waals surface area (Å²) in [6.07, 6.45) is 3.64. The smallest absolute Gasteiger partial charge is 0.132 e. The average molecular weight is 346 g/mol. The van der Waals surface area contributed by atoms with Gasteiger partial charge in [-0.25, -0.2) is 4.98 Å². The second-order valence-electron chi connectivity index (χ2n) is 5.91. The zero-order chi connectivity index (χ0) is 17.1.